The van der Waals surface area contributed by atoms with E-state index in [9.17, 15) is 18.5 Å². The number of benzene rings is 1. The van der Waals surface area contributed by atoms with Gasteiger partial charge in [0.1, 0.15) is 0 Å². The minimum Gasteiger partial charge on any atom is -0.315 e. The zero-order valence-corrected chi connectivity index (χ0v) is 14.5. The van der Waals surface area contributed by atoms with Crippen molar-refractivity contribution in [1.29, 1.82) is 0 Å². The Morgan fingerprint density at radius 3 is 2.32 bits per heavy atom. The van der Waals surface area contributed by atoms with Crippen molar-refractivity contribution >= 4 is 28.1 Å². The average Bonchev–Trinajstić information content (AvgIpc) is 2.37. The van der Waals surface area contributed by atoms with Crippen molar-refractivity contribution in [2.45, 2.75) is 32.1 Å². The van der Waals surface area contributed by atoms with E-state index < -0.39 is 14.9 Å². The van der Waals surface area contributed by atoms with Gasteiger partial charge in [-0.25, -0.2) is 13.1 Å². The van der Waals surface area contributed by atoms with Crippen LogP contribution in [0.2, 0.25) is 0 Å². The molecular formula is C13H22ClN3O4S. The van der Waals surface area contributed by atoms with E-state index in [4.69, 9.17) is 0 Å². The van der Waals surface area contributed by atoms with Crippen LogP contribution in [0.4, 0.5) is 5.69 Å². The maximum absolute atomic E-state index is 12.2. The van der Waals surface area contributed by atoms with Gasteiger partial charge in [0.2, 0.25) is 10.0 Å². The molecule has 0 fully saturated rings. The summed E-state index contributed by atoms with van der Waals surface area (Å²) in [6.07, 6.45) is 0.968. The lowest BCUT2D eigenvalue weighted by Gasteiger charge is -2.10. The number of hydrogen-bond acceptors (Lipinski definition) is 5. The molecule has 126 valence electrons. The number of nitro benzene ring substituents is 1. The van der Waals surface area contributed by atoms with Crippen LogP contribution in [0.3, 0.4) is 0 Å². The van der Waals surface area contributed by atoms with Crippen LogP contribution in [-0.4, -0.2) is 33.0 Å². The third-order valence-corrected chi connectivity index (χ3v) is 4.60. The summed E-state index contributed by atoms with van der Waals surface area (Å²) in [5.74, 6) is 0. The van der Waals surface area contributed by atoms with Gasteiger partial charge in [-0.15, -0.1) is 12.4 Å². The summed E-state index contributed by atoms with van der Waals surface area (Å²) < 4.78 is 26.9. The Hall–Kier alpha value is -1.22. The van der Waals surface area contributed by atoms with Crippen molar-refractivity contribution in [3.05, 3.63) is 33.4 Å². The molecule has 0 saturated heterocycles. The maximum atomic E-state index is 12.2. The lowest BCUT2D eigenvalue weighted by atomic mass is 10.1. The Kier molecular flexibility index (Phi) is 8.54. The monoisotopic (exact) mass is 351 g/mol. The summed E-state index contributed by atoms with van der Waals surface area (Å²) in [5, 5.41) is 14.0. The summed E-state index contributed by atoms with van der Waals surface area (Å²) in [4.78, 5) is 10.3. The second kappa shape index (κ2) is 9.04. The molecule has 0 aliphatic heterocycles. The zero-order chi connectivity index (χ0) is 16.0. The number of nitrogens with one attached hydrogen (secondary N) is 2. The molecule has 7 nitrogen and oxygen atoms in total. The number of hydrogen-bond donors (Lipinski definition) is 2. The van der Waals surface area contributed by atoms with Crippen LogP contribution in [-0.2, 0) is 10.0 Å². The molecule has 22 heavy (non-hydrogen) atoms. The Labute approximate surface area is 137 Å². The van der Waals surface area contributed by atoms with Crippen LogP contribution >= 0.6 is 12.4 Å². The number of halogens is 1. The van der Waals surface area contributed by atoms with E-state index in [-0.39, 0.29) is 29.5 Å². The first-order valence-corrected chi connectivity index (χ1v) is 8.24. The first kappa shape index (κ1) is 20.8. The summed E-state index contributed by atoms with van der Waals surface area (Å²) in [5.41, 5.74) is 0.748. The van der Waals surface area contributed by atoms with E-state index in [1.54, 1.807) is 13.8 Å². The highest BCUT2D eigenvalue weighted by molar-refractivity contribution is 7.89. The van der Waals surface area contributed by atoms with Crippen LogP contribution in [0, 0.1) is 24.0 Å². The molecule has 0 bridgehead atoms. The lowest BCUT2D eigenvalue weighted by Crippen LogP contribution is -2.32. The summed E-state index contributed by atoms with van der Waals surface area (Å²) in [7, 11) is -3.75. The highest BCUT2D eigenvalue weighted by atomic mass is 35.5. The van der Waals surface area contributed by atoms with Gasteiger partial charge in [-0.2, -0.15) is 0 Å². The molecule has 1 aromatic carbocycles. The van der Waals surface area contributed by atoms with Gasteiger partial charge in [0.25, 0.3) is 5.69 Å². The van der Waals surface area contributed by atoms with Crippen LogP contribution in [0.25, 0.3) is 0 Å². The molecule has 0 unspecified atom stereocenters. The molecule has 1 aromatic rings. The van der Waals surface area contributed by atoms with Crippen molar-refractivity contribution in [2.24, 2.45) is 0 Å². The Morgan fingerprint density at radius 2 is 1.77 bits per heavy atom. The smallest absolute Gasteiger partial charge is 0.273 e. The van der Waals surface area contributed by atoms with Gasteiger partial charge in [-0.1, -0.05) is 6.92 Å². The van der Waals surface area contributed by atoms with E-state index in [0.29, 0.717) is 17.7 Å². The maximum Gasteiger partial charge on any atom is 0.273 e. The van der Waals surface area contributed by atoms with Gasteiger partial charge < -0.3 is 5.32 Å². The molecule has 0 aliphatic carbocycles. The number of sulfonamides is 1. The highest BCUT2D eigenvalue weighted by Crippen LogP contribution is 2.25. The van der Waals surface area contributed by atoms with Gasteiger partial charge in [-0.3, -0.25) is 10.1 Å². The van der Waals surface area contributed by atoms with Crippen LogP contribution in [0.15, 0.2) is 17.0 Å². The first-order valence-electron chi connectivity index (χ1n) is 6.75. The van der Waals surface area contributed by atoms with Gasteiger partial charge in [0.05, 0.1) is 9.82 Å². The normalized spacial score (nSPS) is 11.0. The Balaban J connectivity index is 0.00000441. The molecule has 0 spiro atoms. The van der Waals surface area contributed by atoms with E-state index in [0.717, 1.165) is 19.0 Å². The third kappa shape index (κ3) is 5.53. The number of nitro groups is 1. The van der Waals surface area contributed by atoms with E-state index in [1.807, 2.05) is 6.92 Å². The van der Waals surface area contributed by atoms with Gasteiger partial charge in [0, 0.05) is 24.7 Å². The second-order valence-corrected chi connectivity index (χ2v) is 6.54. The van der Waals surface area contributed by atoms with Crippen molar-refractivity contribution < 1.29 is 13.3 Å². The lowest BCUT2D eigenvalue weighted by molar-refractivity contribution is -0.385. The fourth-order valence-electron chi connectivity index (χ4n) is 1.96. The molecule has 0 amide bonds. The van der Waals surface area contributed by atoms with Crippen molar-refractivity contribution in [3.8, 4) is 0 Å². The van der Waals surface area contributed by atoms with Crippen LogP contribution < -0.4 is 10.0 Å². The molecule has 0 radical (unpaired) electrons. The Bertz CT molecular complexity index is 620. The SMILES string of the molecule is CCCNCCNS(=O)(=O)c1cc([N+](=O)[O-])c(C)cc1C.Cl. The molecule has 0 saturated carbocycles. The summed E-state index contributed by atoms with van der Waals surface area (Å²) in [6.45, 7) is 6.80. The largest absolute Gasteiger partial charge is 0.315 e. The summed E-state index contributed by atoms with van der Waals surface area (Å²) >= 11 is 0. The standard InChI is InChI=1S/C13H21N3O4S.ClH/c1-4-5-14-6-7-15-21(19,20)13-9-12(16(17)18)10(2)8-11(13)3;/h8-9,14-15H,4-7H2,1-3H3;1H. The first-order chi connectivity index (χ1) is 9.79. The van der Waals surface area contributed by atoms with Crippen molar-refractivity contribution in [1.82, 2.24) is 10.0 Å². The minimum absolute atomic E-state index is 0. The van der Waals surface area contributed by atoms with Gasteiger partial charge >= 0.3 is 0 Å². The fourth-order valence-corrected chi connectivity index (χ4v) is 3.24. The quantitative estimate of drug-likeness (QED) is 0.423. The molecule has 0 atom stereocenters. The predicted molar refractivity (Wildman–Crippen MR) is 88.2 cm³/mol. The molecule has 2 N–H and O–H groups in total. The van der Waals surface area contributed by atoms with E-state index >= 15 is 0 Å². The number of nitrogens with zero attached hydrogens (tertiary/aromatic N) is 1. The molecule has 0 aromatic heterocycles. The number of aryl methyl sites for hydroxylation is 2. The zero-order valence-electron chi connectivity index (χ0n) is 12.9. The molecule has 0 aliphatic rings. The van der Waals surface area contributed by atoms with E-state index in [1.165, 1.54) is 6.07 Å². The summed E-state index contributed by atoms with van der Waals surface area (Å²) in [6, 6.07) is 2.63. The second-order valence-electron chi connectivity index (χ2n) is 4.81. The van der Waals surface area contributed by atoms with Crippen molar-refractivity contribution in [3.63, 3.8) is 0 Å². The highest BCUT2D eigenvalue weighted by Gasteiger charge is 2.22. The third-order valence-electron chi connectivity index (χ3n) is 3.00. The van der Waals surface area contributed by atoms with Crippen LogP contribution in [0.5, 0.6) is 0 Å². The Morgan fingerprint density at radius 1 is 1.14 bits per heavy atom. The fraction of sp³-hybridized carbons (Fsp3) is 0.538. The molecule has 9 heteroatoms. The average molecular weight is 352 g/mol. The topological polar surface area (TPSA) is 101 Å². The number of rotatable bonds is 8. The molecule has 1 rings (SSSR count). The minimum atomic E-state index is -3.75. The molecule has 0 heterocycles. The van der Waals surface area contributed by atoms with Gasteiger partial charge in [-0.05, 0) is 38.4 Å². The van der Waals surface area contributed by atoms with Gasteiger partial charge in [0.15, 0.2) is 0 Å². The predicted octanol–water partition coefficient (Wildman–Crippen LogP) is 1.91. The van der Waals surface area contributed by atoms with Crippen LogP contribution in [0.1, 0.15) is 24.5 Å². The van der Waals surface area contributed by atoms with E-state index in [2.05, 4.69) is 10.0 Å². The molecular weight excluding hydrogens is 330 g/mol. The van der Waals surface area contributed by atoms with Crippen molar-refractivity contribution in [2.75, 3.05) is 19.6 Å².